The first-order valence-electron chi connectivity index (χ1n) is 24.1. The topological polar surface area (TPSA) is 48.5 Å². The number of allylic oxidation sites excluding steroid dienone is 1. The number of hydrogen-bond acceptors (Lipinski definition) is 3. The fraction of sp³-hybridized carbons (Fsp3) is 0.0781. The van der Waals surface area contributed by atoms with E-state index in [9.17, 15) is 0 Å². The van der Waals surface area contributed by atoms with Gasteiger partial charge in [0.2, 0.25) is 0 Å². The Morgan fingerprint density at radius 3 is 1.84 bits per heavy atom. The van der Waals surface area contributed by atoms with Crippen molar-refractivity contribution in [2.75, 3.05) is 0 Å². The summed E-state index contributed by atoms with van der Waals surface area (Å²) in [4.78, 5) is 6.05. The third-order valence-corrected chi connectivity index (χ3v) is 15.1. The summed E-state index contributed by atoms with van der Waals surface area (Å²) in [6, 6.07) is 72.3. The number of aliphatic imine (C=N–C) groups is 1. The molecule has 15 rings (SSSR count). The fourth-order valence-corrected chi connectivity index (χ4v) is 12.0. The van der Waals surface area contributed by atoms with Crippen molar-refractivity contribution in [1.29, 1.82) is 0 Å². The Bertz CT molecular complexity index is 4480. The molecule has 1 aliphatic rings. The highest BCUT2D eigenvalue weighted by Gasteiger charge is 2.32. The molecule has 0 fully saturated rings. The average Bonchev–Trinajstić information content (AvgIpc) is 4.15. The Hall–Kier alpha value is -8.67. The Labute approximate surface area is 396 Å². The highest BCUT2D eigenvalue weighted by atomic mass is 16.3. The van der Waals surface area contributed by atoms with Gasteiger partial charge < -0.3 is 13.4 Å². The van der Waals surface area contributed by atoms with Crippen molar-refractivity contribution in [2.45, 2.75) is 25.8 Å². The predicted molar refractivity (Wildman–Crippen MR) is 288 cm³/mol. The molecule has 0 saturated carbocycles. The van der Waals surface area contributed by atoms with Crippen LogP contribution in [0.3, 0.4) is 0 Å². The number of para-hydroxylation sites is 4. The van der Waals surface area contributed by atoms with Crippen molar-refractivity contribution >= 4 is 120 Å². The normalized spacial score (nSPS) is 17.5. The number of benzene rings is 10. The van der Waals surface area contributed by atoms with Gasteiger partial charge in [-0.1, -0.05) is 153 Å². The van der Waals surface area contributed by atoms with Crippen LogP contribution in [-0.4, -0.2) is 15.0 Å². The molecule has 4 aromatic heterocycles. The van der Waals surface area contributed by atoms with Crippen LogP contribution in [-0.2, 0) is 0 Å². The Morgan fingerprint density at radius 1 is 0.449 bits per heavy atom. The molecule has 5 heteroatoms. The van der Waals surface area contributed by atoms with Gasteiger partial charge in [-0.3, -0.25) is 9.56 Å². The van der Waals surface area contributed by atoms with Gasteiger partial charge in [-0.15, -0.1) is 0 Å². The summed E-state index contributed by atoms with van der Waals surface area (Å²) >= 11 is 0. The molecule has 10 aromatic carbocycles. The standard InChI is InChI=1S/C64H43N3O2/c1-38-43(24-15-31-60(67-55-27-11-6-20-45(55)46-21-7-12-28-56(46)67)65-62(38)50-25-14-30-59-61(50)49-23-9-13-29-58(49)68-59)52-36-42(37-53-48-33-32-39-16-4-5-19-44(39)63(48)69-64(52)53)66-54-26-10-8-22-47(54)51-34-40-17-2-3-18-41(40)35-57(51)66/h2-14,16-30,32-38,62H,15,31H2,1H3/b43-24+,65-60+. The van der Waals surface area contributed by atoms with E-state index in [1.165, 1.54) is 60.0 Å². The molecule has 69 heavy (non-hydrogen) atoms. The second-order valence-electron chi connectivity index (χ2n) is 18.9. The minimum atomic E-state index is -0.292. The Kier molecular flexibility index (Phi) is 8.17. The molecule has 0 saturated heterocycles. The van der Waals surface area contributed by atoms with Gasteiger partial charge in [0.1, 0.15) is 28.2 Å². The van der Waals surface area contributed by atoms with Gasteiger partial charge in [0.15, 0.2) is 0 Å². The van der Waals surface area contributed by atoms with Crippen LogP contribution < -0.4 is 0 Å². The van der Waals surface area contributed by atoms with Gasteiger partial charge in [0.25, 0.3) is 0 Å². The zero-order valence-electron chi connectivity index (χ0n) is 37.9. The molecule has 14 aromatic rings. The van der Waals surface area contributed by atoms with Crippen LogP contribution in [0.1, 0.15) is 36.9 Å². The molecule has 0 N–H and O–H groups in total. The van der Waals surface area contributed by atoms with Crippen molar-refractivity contribution in [3.8, 4) is 5.69 Å². The van der Waals surface area contributed by atoms with Crippen molar-refractivity contribution < 1.29 is 8.83 Å². The first-order chi connectivity index (χ1) is 34.1. The van der Waals surface area contributed by atoms with Crippen LogP contribution in [0.25, 0.3) is 120 Å². The van der Waals surface area contributed by atoms with Gasteiger partial charge in [0.05, 0.1) is 28.1 Å². The van der Waals surface area contributed by atoms with Gasteiger partial charge >= 0.3 is 0 Å². The SMILES string of the molecule is CC1/C(c2cc(-n3c4ccccc4c4cc5ccccc5cc43)cc3c2oc2c4ccccc4ccc32)=C\CC/C(n2c3ccccc3c3ccccc32)=N\C1c1cccc2oc3ccccc3c12. The van der Waals surface area contributed by atoms with E-state index >= 15 is 0 Å². The van der Waals surface area contributed by atoms with Crippen molar-refractivity contribution in [3.05, 3.63) is 217 Å². The molecule has 1 aliphatic heterocycles. The summed E-state index contributed by atoms with van der Waals surface area (Å²) in [6.07, 6.45) is 4.03. The monoisotopic (exact) mass is 885 g/mol. The first kappa shape index (κ1) is 38.4. The van der Waals surface area contributed by atoms with Crippen LogP contribution in [0.15, 0.2) is 220 Å². The highest BCUT2D eigenvalue weighted by molar-refractivity contribution is 6.19. The minimum absolute atomic E-state index is 0.0989. The van der Waals surface area contributed by atoms with Crippen LogP contribution in [0.5, 0.6) is 0 Å². The van der Waals surface area contributed by atoms with Crippen molar-refractivity contribution in [2.24, 2.45) is 10.9 Å². The number of nitrogens with zero attached hydrogens (tertiary/aromatic N) is 3. The lowest BCUT2D eigenvalue weighted by molar-refractivity contribution is 0.577. The maximum atomic E-state index is 7.30. The van der Waals surface area contributed by atoms with E-state index in [1.807, 2.05) is 0 Å². The van der Waals surface area contributed by atoms with E-state index in [4.69, 9.17) is 13.8 Å². The molecule has 5 nitrogen and oxygen atoms in total. The average molecular weight is 886 g/mol. The van der Waals surface area contributed by atoms with Crippen molar-refractivity contribution in [1.82, 2.24) is 9.13 Å². The summed E-state index contributed by atoms with van der Waals surface area (Å²) in [5, 5.41) is 14.1. The molecule has 0 radical (unpaired) electrons. The summed E-state index contributed by atoms with van der Waals surface area (Å²) in [7, 11) is 0. The van der Waals surface area contributed by atoms with Crippen LogP contribution >= 0.6 is 0 Å². The molecule has 0 bridgehead atoms. The summed E-state index contributed by atoms with van der Waals surface area (Å²) in [5.74, 6) is 0.953. The Balaban J connectivity index is 1.02. The zero-order valence-corrected chi connectivity index (χ0v) is 37.9. The lowest BCUT2D eigenvalue weighted by Gasteiger charge is -2.28. The van der Waals surface area contributed by atoms with Crippen LogP contribution in [0.4, 0.5) is 0 Å². The molecule has 0 amide bonds. The maximum Gasteiger partial charge on any atom is 0.143 e. The molecule has 2 unspecified atom stereocenters. The summed E-state index contributed by atoms with van der Waals surface area (Å²) in [6.45, 7) is 2.37. The predicted octanol–water partition coefficient (Wildman–Crippen LogP) is 17.5. The number of furan rings is 2. The molecule has 2 atom stereocenters. The van der Waals surface area contributed by atoms with E-state index in [0.717, 1.165) is 90.1 Å². The second-order valence-corrected chi connectivity index (χ2v) is 18.9. The molecule has 0 spiro atoms. The second kappa shape index (κ2) is 14.7. The summed E-state index contributed by atoms with van der Waals surface area (Å²) < 4.78 is 18.8. The zero-order chi connectivity index (χ0) is 45.3. The summed E-state index contributed by atoms with van der Waals surface area (Å²) in [5.41, 5.74) is 12.8. The molecule has 326 valence electrons. The van der Waals surface area contributed by atoms with Crippen LogP contribution in [0.2, 0.25) is 0 Å². The number of rotatable bonds is 3. The highest BCUT2D eigenvalue weighted by Crippen LogP contribution is 2.48. The van der Waals surface area contributed by atoms with E-state index in [2.05, 4.69) is 222 Å². The van der Waals surface area contributed by atoms with Gasteiger partial charge in [-0.2, -0.15) is 0 Å². The Morgan fingerprint density at radius 2 is 1.07 bits per heavy atom. The third kappa shape index (κ3) is 5.62. The quantitative estimate of drug-likeness (QED) is 0.177. The fourth-order valence-electron chi connectivity index (χ4n) is 12.0. The largest absolute Gasteiger partial charge is 0.456 e. The van der Waals surface area contributed by atoms with E-state index < -0.39 is 0 Å². The van der Waals surface area contributed by atoms with Crippen molar-refractivity contribution in [3.63, 3.8) is 0 Å². The van der Waals surface area contributed by atoms with Crippen LogP contribution in [0, 0.1) is 5.92 Å². The lowest BCUT2D eigenvalue weighted by atomic mass is 9.81. The maximum absolute atomic E-state index is 7.30. The van der Waals surface area contributed by atoms with E-state index in [1.54, 1.807) is 0 Å². The number of aromatic nitrogens is 2. The molecular weight excluding hydrogens is 843 g/mol. The smallest absolute Gasteiger partial charge is 0.143 e. The molecule has 5 heterocycles. The van der Waals surface area contributed by atoms with Gasteiger partial charge in [-0.05, 0) is 94.4 Å². The van der Waals surface area contributed by atoms with Gasteiger partial charge in [0, 0.05) is 72.1 Å². The van der Waals surface area contributed by atoms with E-state index in [-0.39, 0.29) is 12.0 Å². The number of fused-ring (bicyclic) bond motifs is 15. The lowest BCUT2D eigenvalue weighted by Crippen LogP contribution is -2.20. The molecule has 0 aliphatic carbocycles. The minimum Gasteiger partial charge on any atom is -0.456 e. The number of hydrogen-bond donors (Lipinski definition) is 0. The first-order valence-corrected chi connectivity index (χ1v) is 24.1. The van der Waals surface area contributed by atoms with E-state index in [0.29, 0.717) is 0 Å². The van der Waals surface area contributed by atoms with Gasteiger partial charge in [-0.25, -0.2) is 0 Å². The third-order valence-electron chi connectivity index (χ3n) is 15.1. The molecular formula is C64H43N3O2.